The smallest absolute Gasteiger partial charge is 0.283 e. The Morgan fingerprint density at radius 2 is 1.52 bits per heavy atom. The minimum atomic E-state index is -4.24. The highest BCUT2D eigenvalue weighted by atomic mass is 32.2. The van der Waals surface area contributed by atoms with Crippen LogP contribution in [-0.4, -0.2) is 50.0 Å². The van der Waals surface area contributed by atoms with Gasteiger partial charge in [-0.05, 0) is 63.1 Å². The van der Waals surface area contributed by atoms with Gasteiger partial charge in [-0.2, -0.15) is 13.0 Å². The van der Waals surface area contributed by atoms with E-state index in [0.717, 1.165) is 28.2 Å². The summed E-state index contributed by atoms with van der Waals surface area (Å²) in [5, 5.41) is 0. The molecule has 0 saturated carbocycles. The van der Waals surface area contributed by atoms with Crippen LogP contribution in [0.2, 0.25) is 0 Å². The van der Waals surface area contributed by atoms with Crippen LogP contribution in [-0.2, 0) is 31.3 Å². The largest absolute Gasteiger partial charge is 0.374 e. The lowest BCUT2D eigenvalue weighted by atomic mass is 9.81. The molecule has 8 heteroatoms. The molecule has 0 atom stereocenters. The maximum atomic E-state index is 11.9. The van der Waals surface area contributed by atoms with Gasteiger partial charge in [-0.3, -0.25) is 4.55 Å². The number of ether oxygens (including phenoxy) is 1. The van der Waals surface area contributed by atoms with E-state index in [1.54, 1.807) is 12.0 Å². The molecule has 0 amide bonds. The normalized spacial score (nSPS) is 18.2. The lowest BCUT2D eigenvalue weighted by molar-refractivity contribution is -0.436. The van der Waals surface area contributed by atoms with Gasteiger partial charge in [0.05, 0.1) is 11.0 Å². The standard InChI is InChI=1S/C38H45N3O4S/c1-36(2)30-16-12-14-18-32(30)40(26-39(7)29-24-22-28(23-25-29)38(5,6)45-8)34(36)20-10-9-11-21-35-37(3,4)31-17-13-15-19-33(31)41(35)27-46(42,43)44/h9-25H,26-27H2,1-8H3/p+1. The Kier molecular flexibility index (Phi) is 8.94. The zero-order valence-corrected chi connectivity index (χ0v) is 29.0. The zero-order chi connectivity index (χ0) is 33.5. The van der Waals surface area contributed by atoms with Gasteiger partial charge in [0.15, 0.2) is 11.6 Å². The minimum absolute atomic E-state index is 0.214. The molecule has 0 bridgehead atoms. The van der Waals surface area contributed by atoms with Crippen molar-refractivity contribution in [3.63, 3.8) is 0 Å². The van der Waals surface area contributed by atoms with Crippen molar-refractivity contribution < 1.29 is 22.3 Å². The molecule has 7 nitrogen and oxygen atoms in total. The highest BCUT2D eigenvalue weighted by molar-refractivity contribution is 7.85. The van der Waals surface area contributed by atoms with E-state index in [2.05, 4.69) is 113 Å². The van der Waals surface area contributed by atoms with Crippen LogP contribution in [0.25, 0.3) is 0 Å². The van der Waals surface area contributed by atoms with Crippen LogP contribution in [0.4, 0.5) is 17.1 Å². The van der Waals surface area contributed by atoms with Crippen molar-refractivity contribution in [2.45, 2.75) is 58.0 Å². The maximum absolute atomic E-state index is 11.9. The second-order valence-electron chi connectivity index (χ2n) is 13.6. The molecule has 2 aliphatic heterocycles. The van der Waals surface area contributed by atoms with E-state index in [1.165, 1.54) is 17.0 Å². The van der Waals surface area contributed by atoms with E-state index in [9.17, 15) is 13.0 Å². The van der Waals surface area contributed by atoms with E-state index in [-0.39, 0.29) is 11.0 Å². The van der Waals surface area contributed by atoms with Crippen molar-refractivity contribution in [2.75, 3.05) is 36.5 Å². The van der Waals surface area contributed by atoms with Crippen LogP contribution in [0.5, 0.6) is 0 Å². The summed E-state index contributed by atoms with van der Waals surface area (Å²) in [6, 6.07) is 24.8. The molecule has 2 aliphatic rings. The van der Waals surface area contributed by atoms with E-state index < -0.39 is 21.4 Å². The molecule has 3 aromatic rings. The van der Waals surface area contributed by atoms with E-state index >= 15 is 0 Å². The fraction of sp³-hybridized carbons (Fsp3) is 0.342. The van der Waals surface area contributed by atoms with Gasteiger partial charge in [-0.15, -0.1) is 0 Å². The molecular weight excluding hydrogens is 595 g/mol. The monoisotopic (exact) mass is 640 g/mol. The van der Waals surface area contributed by atoms with Crippen LogP contribution in [0, 0.1) is 0 Å². The molecule has 5 rings (SSSR count). The molecule has 0 spiro atoms. The van der Waals surface area contributed by atoms with Gasteiger partial charge in [0.1, 0.15) is 0 Å². The summed E-state index contributed by atoms with van der Waals surface area (Å²) in [6.07, 6.45) is 10.1. The maximum Gasteiger partial charge on any atom is 0.283 e. The van der Waals surface area contributed by atoms with E-state index in [0.29, 0.717) is 6.67 Å². The molecule has 1 N–H and O–H groups in total. The molecule has 0 fully saturated rings. The van der Waals surface area contributed by atoms with Gasteiger partial charge < -0.3 is 14.5 Å². The number of methoxy groups -OCH3 is 1. The number of allylic oxidation sites excluding steroid dienone is 6. The van der Waals surface area contributed by atoms with Crippen LogP contribution in [0.1, 0.15) is 58.2 Å². The molecule has 242 valence electrons. The summed E-state index contributed by atoms with van der Waals surface area (Å²) in [4.78, 5) is 3.93. The summed E-state index contributed by atoms with van der Waals surface area (Å²) in [6.45, 7) is 13.4. The molecular formula is C38H46N3O4S+. The lowest BCUT2D eigenvalue weighted by Gasteiger charge is -2.25. The van der Waals surface area contributed by atoms with Crippen molar-refractivity contribution in [3.05, 3.63) is 126 Å². The van der Waals surface area contributed by atoms with E-state index in [4.69, 9.17) is 4.74 Å². The summed E-state index contributed by atoms with van der Waals surface area (Å²) in [5.74, 6) is -0.497. The Hall–Kier alpha value is -3.98. The third-order valence-electron chi connectivity index (χ3n) is 9.49. The van der Waals surface area contributed by atoms with Gasteiger partial charge in [-0.1, -0.05) is 80.6 Å². The molecule has 3 aromatic carbocycles. The number of anilines is 2. The highest BCUT2D eigenvalue weighted by Gasteiger charge is 2.44. The number of rotatable bonds is 10. The van der Waals surface area contributed by atoms with Crippen LogP contribution in [0.15, 0.2) is 109 Å². The van der Waals surface area contributed by atoms with Crippen LogP contribution >= 0.6 is 0 Å². The van der Waals surface area contributed by atoms with Gasteiger partial charge in [0, 0.05) is 54.4 Å². The average Bonchev–Trinajstić information content (AvgIpc) is 3.35. The Balaban J connectivity index is 1.45. The Morgan fingerprint density at radius 3 is 2.17 bits per heavy atom. The molecule has 46 heavy (non-hydrogen) atoms. The van der Waals surface area contributed by atoms with Gasteiger partial charge in [0.2, 0.25) is 12.4 Å². The van der Waals surface area contributed by atoms with E-state index in [1.807, 2.05) is 48.6 Å². The predicted octanol–water partition coefficient (Wildman–Crippen LogP) is 7.68. The van der Waals surface area contributed by atoms with Gasteiger partial charge in [-0.25, -0.2) is 0 Å². The zero-order valence-electron chi connectivity index (χ0n) is 28.2. The van der Waals surface area contributed by atoms with Crippen molar-refractivity contribution in [1.29, 1.82) is 0 Å². The molecule has 2 heterocycles. The molecule has 0 radical (unpaired) electrons. The molecule has 0 unspecified atom stereocenters. The summed E-state index contributed by atoms with van der Waals surface area (Å²) >= 11 is 0. The average molecular weight is 641 g/mol. The van der Waals surface area contributed by atoms with Crippen LogP contribution in [0.3, 0.4) is 0 Å². The lowest BCUT2D eigenvalue weighted by Crippen LogP contribution is -2.32. The first-order chi connectivity index (χ1) is 21.6. The van der Waals surface area contributed by atoms with Gasteiger partial charge >= 0.3 is 0 Å². The minimum Gasteiger partial charge on any atom is -0.374 e. The number of hydrogen-bond donors (Lipinski definition) is 1. The number of para-hydroxylation sites is 2. The molecule has 0 aromatic heterocycles. The number of nitrogens with zero attached hydrogens (tertiary/aromatic N) is 3. The first-order valence-corrected chi connectivity index (χ1v) is 17.2. The van der Waals surface area contributed by atoms with Gasteiger partial charge in [0.25, 0.3) is 10.1 Å². The fourth-order valence-corrected chi connectivity index (χ4v) is 7.23. The second-order valence-corrected chi connectivity index (χ2v) is 15.1. The van der Waals surface area contributed by atoms with Crippen molar-refractivity contribution in [2.24, 2.45) is 0 Å². The summed E-state index contributed by atoms with van der Waals surface area (Å²) in [5.41, 5.74) is 7.50. The first kappa shape index (κ1) is 33.4. The SMILES string of the molecule is COC(C)(C)c1ccc(N(C)C[N+]2=C(/C=C/C=C/C=C3/N(CS(=O)(=O)O)c4ccccc4C3(C)C)C(C)(C)c3ccccc32)cc1. The van der Waals surface area contributed by atoms with Crippen molar-refractivity contribution >= 4 is 32.9 Å². The third-order valence-corrected chi connectivity index (χ3v) is 10.1. The predicted molar refractivity (Wildman–Crippen MR) is 189 cm³/mol. The summed E-state index contributed by atoms with van der Waals surface area (Å²) < 4.78 is 41.6. The quantitative estimate of drug-likeness (QED) is 0.139. The molecule has 0 aliphatic carbocycles. The van der Waals surface area contributed by atoms with Crippen LogP contribution < -0.4 is 9.80 Å². The topological polar surface area (TPSA) is 73.1 Å². The Bertz CT molecular complexity index is 1850. The first-order valence-electron chi connectivity index (χ1n) is 15.6. The Morgan fingerprint density at radius 1 is 0.891 bits per heavy atom. The number of hydrogen-bond acceptors (Lipinski definition) is 5. The second kappa shape index (κ2) is 12.3. The Labute approximate surface area is 274 Å². The number of benzene rings is 3. The summed E-state index contributed by atoms with van der Waals surface area (Å²) in [7, 11) is -0.395. The third kappa shape index (κ3) is 6.34. The highest BCUT2D eigenvalue weighted by Crippen LogP contribution is 2.47. The van der Waals surface area contributed by atoms with Crippen molar-refractivity contribution in [3.8, 4) is 0 Å². The van der Waals surface area contributed by atoms with Crippen molar-refractivity contribution in [1.82, 2.24) is 0 Å². The fourth-order valence-electron chi connectivity index (χ4n) is 6.62. The number of fused-ring (bicyclic) bond motifs is 2. The molecule has 0 saturated heterocycles.